The summed E-state index contributed by atoms with van der Waals surface area (Å²) in [6.45, 7) is 0.748. The number of aromatic nitrogens is 1. The molecule has 0 aliphatic heterocycles. The summed E-state index contributed by atoms with van der Waals surface area (Å²) < 4.78 is 0. The SMILES string of the molecule is CN(C)c1cc(NC2CCC(CNC(=O)Cc3ccc(Cl)cc3)CC2)nc2ccccc12. The van der Waals surface area contributed by atoms with Crippen LogP contribution in [-0.4, -0.2) is 37.6 Å². The Morgan fingerprint density at radius 3 is 2.50 bits per heavy atom. The average Bonchev–Trinajstić information content (AvgIpc) is 2.79. The van der Waals surface area contributed by atoms with E-state index in [9.17, 15) is 4.79 Å². The van der Waals surface area contributed by atoms with Gasteiger partial charge >= 0.3 is 0 Å². The summed E-state index contributed by atoms with van der Waals surface area (Å²) in [5.41, 5.74) is 3.17. The molecular formula is C26H31ClN4O. The topological polar surface area (TPSA) is 57.3 Å². The minimum absolute atomic E-state index is 0.0733. The number of fused-ring (bicyclic) bond motifs is 1. The Labute approximate surface area is 195 Å². The van der Waals surface area contributed by atoms with Crippen LogP contribution in [0.2, 0.25) is 5.02 Å². The fourth-order valence-corrected chi connectivity index (χ4v) is 4.56. The maximum atomic E-state index is 12.3. The normalized spacial score (nSPS) is 18.3. The van der Waals surface area contributed by atoms with Crippen LogP contribution in [0, 0.1) is 5.92 Å². The van der Waals surface area contributed by atoms with Crippen molar-refractivity contribution in [2.24, 2.45) is 5.92 Å². The van der Waals surface area contributed by atoms with Gasteiger partial charge in [0.2, 0.25) is 5.91 Å². The van der Waals surface area contributed by atoms with Crippen molar-refractivity contribution in [2.45, 2.75) is 38.1 Å². The lowest BCUT2D eigenvalue weighted by Crippen LogP contribution is -2.34. The summed E-state index contributed by atoms with van der Waals surface area (Å²) in [5.74, 6) is 1.54. The number of pyridine rings is 1. The molecule has 0 unspecified atom stereocenters. The van der Waals surface area contributed by atoms with Crippen molar-refractivity contribution in [3.63, 3.8) is 0 Å². The van der Waals surface area contributed by atoms with Gasteiger partial charge in [0.15, 0.2) is 0 Å². The third kappa shape index (κ3) is 5.71. The van der Waals surface area contributed by atoms with E-state index in [-0.39, 0.29) is 5.91 Å². The van der Waals surface area contributed by atoms with Crippen LogP contribution in [0.5, 0.6) is 0 Å². The molecule has 5 nitrogen and oxygen atoms in total. The number of rotatable bonds is 7. The first-order valence-corrected chi connectivity index (χ1v) is 11.7. The van der Waals surface area contributed by atoms with E-state index in [0.717, 1.165) is 49.1 Å². The highest BCUT2D eigenvalue weighted by Crippen LogP contribution is 2.30. The van der Waals surface area contributed by atoms with Crippen molar-refractivity contribution in [1.29, 1.82) is 0 Å². The van der Waals surface area contributed by atoms with Gasteiger partial charge in [0.1, 0.15) is 5.82 Å². The molecule has 0 bridgehead atoms. The van der Waals surface area contributed by atoms with Crippen LogP contribution >= 0.6 is 11.6 Å². The molecule has 168 valence electrons. The molecule has 32 heavy (non-hydrogen) atoms. The van der Waals surface area contributed by atoms with E-state index in [1.807, 2.05) is 30.3 Å². The smallest absolute Gasteiger partial charge is 0.224 e. The summed E-state index contributed by atoms with van der Waals surface area (Å²) in [7, 11) is 4.13. The first kappa shape index (κ1) is 22.4. The number of nitrogens with zero attached hydrogens (tertiary/aromatic N) is 2. The zero-order valence-electron chi connectivity index (χ0n) is 18.8. The molecule has 1 aromatic heterocycles. The minimum atomic E-state index is 0.0733. The van der Waals surface area contributed by atoms with Crippen molar-refractivity contribution in [3.05, 3.63) is 65.2 Å². The zero-order chi connectivity index (χ0) is 22.5. The summed E-state index contributed by atoms with van der Waals surface area (Å²) >= 11 is 5.91. The third-order valence-corrected chi connectivity index (χ3v) is 6.49. The molecule has 1 aliphatic rings. The van der Waals surface area contributed by atoms with E-state index in [1.54, 1.807) is 0 Å². The Morgan fingerprint density at radius 1 is 1.06 bits per heavy atom. The van der Waals surface area contributed by atoms with Crippen molar-refractivity contribution >= 4 is 39.9 Å². The number of nitrogens with one attached hydrogen (secondary N) is 2. The molecule has 0 radical (unpaired) electrons. The van der Waals surface area contributed by atoms with Gasteiger partial charge in [-0.05, 0) is 55.4 Å². The summed E-state index contributed by atoms with van der Waals surface area (Å²) in [6, 6.07) is 18.3. The highest BCUT2D eigenvalue weighted by Gasteiger charge is 2.22. The molecule has 2 aromatic carbocycles. The van der Waals surface area contributed by atoms with E-state index >= 15 is 0 Å². The molecule has 0 atom stereocenters. The van der Waals surface area contributed by atoms with Gasteiger partial charge in [-0.1, -0.05) is 41.9 Å². The van der Waals surface area contributed by atoms with Crippen LogP contribution in [0.4, 0.5) is 11.5 Å². The molecule has 1 heterocycles. The second kappa shape index (κ2) is 10.2. The van der Waals surface area contributed by atoms with Gasteiger partial charge in [-0.15, -0.1) is 0 Å². The Bertz CT molecular complexity index is 1060. The molecule has 1 saturated carbocycles. The molecular weight excluding hydrogens is 420 g/mol. The first-order chi connectivity index (χ1) is 15.5. The molecule has 2 N–H and O–H groups in total. The molecule has 3 aromatic rings. The van der Waals surface area contributed by atoms with Crippen LogP contribution in [-0.2, 0) is 11.2 Å². The number of hydrogen-bond acceptors (Lipinski definition) is 4. The summed E-state index contributed by atoms with van der Waals surface area (Å²) in [5, 5.41) is 8.62. The van der Waals surface area contributed by atoms with Crippen molar-refractivity contribution in [1.82, 2.24) is 10.3 Å². The van der Waals surface area contributed by atoms with Crippen molar-refractivity contribution in [3.8, 4) is 0 Å². The average molecular weight is 451 g/mol. The van der Waals surface area contributed by atoms with Crippen LogP contribution in [0.15, 0.2) is 54.6 Å². The number of benzene rings is 2. The van der Waals surface area contributed by atoms with Crippen LogP contribution < -0.4 is 15.5 Å². The summed E-state index contributed by atoms with van der Waals surface area (Å²) in [6.07, 6.45) is 4.78. The van der Waals surface area contributed by atoms with Gasteiger partial charge in [0.05, 0.1) is 11.9 Å². The standard InChI is InChI=1S/C26H31ClN4O/c1-31(2)24-16-25(30-23-6-4-3-5-22(23)24)29-21-13-9-19(10-14-21)17-28-26(32)15-18-7-11-20(27)12-8-18/h3-8,11-12,16,19,21H,9-10,13-15,17H2,1-2H3,(H,28,32)(H,29,30). The van der Waals surface area contributed by atoms with Gasteiger partial charge in [-0.3, -0.25) is 4.79 Å². The first-order valence-electron chi connectivity index (χ1n) is 11.3. The Morgan fingerprint density at radius 2 is 1.78 bits per heavy atom. The predicted octanol–water partition coefficient (Wildman–Crippen LogP) is 5.28. The largest absolute Gasteiger partial charge is 0.377 e. The lowest BCUT2D eigenvalue weighted by Gasteiger charge is -2.30. The van der Waals surface area contributed by atoms with Crippen molar-refractivity contribution in [2.75, 3.05) is 30.9 Å². The predicted molar refractivity (Wildman–Crippen MR) is 134 cm³/mol. The number of hydrogen-bond donors (Lipinski definition) is 2. The van der Waals surface area contributed by atoms with Gasteiger partial charge in [-0.25, -0.2) is 4.98 Å². The zero-order valence-corrected chi connectivity index (χ0v) is 19.5. The van der Waals surface area contributed by atoms with Crippen LogP contribution in [0.25, 0.3) is 10.9 Å². The van der Waals surface area contributed by atoms with E-state index < -0.39 is 0 Å². The second-order valence-corrected chi connectivity index (χ2v) is 9.34. The van der Waals surface area contributed by atoms with E-state index in [1.165, 1.54) is 11.1 Å². The second-order valence-electron chi connectivity index (χ2n) is 8.91. The van der Waals surface area contributed by atoms with E-state index in [4.69, 9.17) is 16.6 Å². The monoisotopic (exact) mass is 450 g/mol. The Balaban J connectivity index is 1.27. The maximum Gasteiger partial charge on any atom is 0.224 e. The molecule has 1 amide bonds. The highest BCUT2D eigenvalue weighted by molar-refractivity contribution is 6.30. The molecule has 4 rings (SSSR count). The number of para-hydroxylation sites is 1. The van der Waals surface area contributed by atoms with Gasteiger partial charge in [0.25, 0.3) is 0 Å². The number of amides is 1. The minimum Gasteiger partial charge on any atom is -0.377 e. The Hall–Kier alpha value is -2.79. The molecule has 6 heteroatoms. The molecule has 0 spiro atoms. The van der Waals surface area contributed by atoms with Gasteiger partial charge < -0.3 is 15.5 Å². The Kier molecular flexibility index (Phi) is 7.15. The lowest BCUT2D eigenvalue weighted by atomic mass is 9.86. The number of halogens is 1. The highest BCUT2D eigenvalue weighted by atomic mass is 35.5. The maximum absolute atomic E-state index is 12.3. The lowest BCUT2D eigenvalue weighted by molar-refractivity contribution is -0.120. The fourth-order valence-electron chi connectivity index (χ4n) is 4.43. The number of carbonyl (C=O) groups is 1. The molecule has 0 saturated heterocycles. The third-order valence-electron chi connectivity index (χ3n) is 6.24. The van der Waals surface area contributed by atoms with Gasteiger partial charge in [-0.2, -0.15) is 0 Å². The summed E-state index contributed by atoms with van der Waals surface area (Å²) in [4.78, 5) is 19.2. The van der Waals surface area contributed by atoms with E-state index in [2.05, 4.69) is 53.9 Å². The van der Waals surface area contributed by atoms with Crippen LogP contribution in [0.3, 0.4) is 0 Å². The molecule has 1 aliphatic carbocycles. The number of carbonyl (C=O) groups excluding carboxylic acids is 1. The number of anilines is 2. The fraction of sp³-hybridized carbons (Fsp3) is 0.385. The quantitative estimate of drug-likeness (QED) is 0.514. The molecule has 1 fully saturated rings. The van der Waals surface area contributed by atoms with E-state index in [0.29, 0.717) is 23.4 Å². The van der Waals surface area contributed by atoms with Crippen LogP contribution in [0.1, 0.15) is 31.2 Å². The van der Waals surface area contributed by atoms with Gasteiger partial charge in [0, 0.05) is 48.8 Å². The van der Waals surface area contributed by atoms with Crippen molar-refractivity contribution < 1.29 is 4.79 Å².